The first kappa shape index (κ1) is 14.0. The van der Waals surface area contributed by atoms with Gasteiger partial charge in [0.25, 0.3) is 0 Å². The molecule has 0 bridgehead atoms. The van der Waals surface area contributed by atoms with Crippen LogP contribution in [-0.2, 0) is 6.54 Å². The lowest BCUT2D eigenvalue weighted by molar-refractivity contribution is 0.171. The first-order valence-electron chi connectivity index (χ1n) is 6.76. The summed E-state index contributed by atoms with van der Waals surface area (Å²) in [4.78, 5) is 10.3. The first-order chi connectivity index (χ1) is 10.1. The lowest BCUT2D eigenvalue weighted by Gasteiger charge is -2.23. The number of benzene rings is 1. The van der Waals surface area contributed by atoms with Crippen LogP contribution in [0.4, 0.5) is 8.78 Å². The van der Waals surface area contributed by atoms with Gasteiger partial charge in [0.15, 0.2) is 11.6 Å². The van der Waals surface area contributed by atoms with Gasteiger partial charge in [0.2, 0.25) is 0 Å². The summed E-state index contributed by atoms with van der Waals surface area (Å²) < 4.78 is 26.5. The number of hydrogen-bond acceptors (Lipinski definition) is 4. The largest absolute Gasteiger partial charge is 0.392 e. The number of hydrogen-bond donors (Lipinski definition) is 1. The van der Waals surface area contributed by atoms with Crippen molar-refractivity contribution >= 4 is 0 Å². The van der Waals surface area contributed by atoms with Crippen molar-refractivity contribution in [3.8, 4) is 0 Å². The van der Waals surface area contributed by atoms with E-state index in [0.717, 1.165) is 6.07 Å². The van der Waals surface area contributed by atoms with Crippen molar-refractivity contribution in [2.75, 3.05) is 6.54 Å². The van der Waals surface area contributed by atoms with Gasteiger partial charge in [-0.2, -0.15) is 0 Å². The SMILES string of the molecule is O[C@@H]1C[C@@H](c2ccc(F)c(F)c2)N(Cc2ncccn2)C1. The maximum absolute atomic E-state index is 13.4. The van der Waals surface area contributed by atoms with E-state index in [4.69, 9.17) is 0 Å². The molecule has 0 amide bonds. The van der Waals surface area contributed by atoms with Crippen LogP contribution in [0.5, 0.6) is 0 Å². The highest BCUT2D eigenvalue weighted by atomic mass is 19.2. The molecule has 1 aromatic heterocycles. The molecule has 1 aliphatic rings. The Morgan fingerprint density at radius 3 is 2.67 bits per heavy atom. The monoisotopic (exact) mass is 291 g/mol. The molecule has 0 unspecified atom stereocenters. The first-order valence-corrected chi connectivity index (χ1v) is 6.76. The van der Waals surface area contributed by atoms with Gasteiger partial charge in [0.1, 0.15) is 5.82 Å². The molecule has 21 heavy (non-hydrogen) atoms. The molecule has 0 aliphatic carbocycles. The van der Waals surface area contributed by atoms with E-state index in [-0.39, 0.29) is 6.04 Å². The van der Waals surface area contributed by atoms with Crippen molar-refractivity contribution in [2.24, 2.45) is 0 Å². The molecule has 4 nitrogen and oxygen atoms in total. The third kappa shape index (κ3) is 3.06. The van der Waals surface area contributed by atoms with Crippen LogP contribution in [0.15, 0.2) is 36.7 Å². The lowest BCUT2D eigenvalue weighted by atomic mass is 10.0. The molecule has 6 heteroatoms. The predicted molar refractivity (Wildman–Crippen MR) is 72.2 cm³/mol. The van der Waals surface area contributed by atoms with Crippen molar-refractivity contribution in [2.45, 2.75) is 25.1 Å². The van der Waals surface area contributed by atoms with Gasteiger partial charge in [-0.3, -0.25) is 4.90 Å². The summed E-state index contributed by atoms with van der Waals surface area (Å²) in [7, 11) is 0. The molecule has 0 saturated carbocycles. The van der Waals surface area contributed by atoms with Gasteiger partial charge in [0.05, 0.1) is 12.6 Å². The summed E-state index contributed by atoms with van der Waals surface area (Å²) >= 11 is 0. The average Bonchev–Trinajstić information content (AvgIpc) is 2.84. The van der Waals surface area contributed by atoms with E-state index < -0.39 is 17.7 Å². The Balaban J connectivity index is 1.83. The fourth-order valence-electron chi connectivity index (χ4n) is 2.71. The van der Waals surface area contributed by atoms with E-state index in [2.05, 4.69) is 9.97 Å². The van der Waals surface area contributed by atoms with Crippen molar-refractivity contribution in [1.29, 1.82) is 0 Å². The lowest BCUT2D eigenvalue weighted by Crippen LogP contribution is -2.25. The van der Waals surface area contributed by atoms with Crippen LogP contribution >= 0.6 is 0 Å². The van der Waals surface area contributed by atoms with Gasteiger partial charge in [-0.15, -0.1) is 0 Å². The molecule has 110 valence electrons. The van der Waals surface area contributed by atoms with Crippen molar-refractivity contribution in [1.82, 2.24) is 14.9 Å². The molecule has 0 spiro atoms. The molecular weight excluding hydrogens is 276 g/mol. The van der Waals surface area contributed by atoms with Crippen LogP contribution in [-0.4, -0.2) is 32.6 Å². The second-order valence-corrected chi connectivity index (χ2v) is 5.17. The molecule has 0 radical (unpaired) electrons. The van der Waals surface area contributed by atoms with Crippen LogP contribution in [0.1, 0.15) is 23.9 Å². The van der Waals surface area contributed by atoms with E-state index in [0.29, 0.717) is 30.9 Å². The second-order valence-electron chi connectivity index (χ2n) is 5.17. The Morgan fingerprint density at radius 2 is 1.95 bits per heavy atom. The van der Waals surface area contributed by atoms with Crippen LogP contribution < -0.4 is 0 Å². The number of likely N-dealkylation sites (tertiary alicyclic amines) is 1. The van der Waals surface area contributed by atoms with E-state index in [1.165, 1.54) is 6.07 Å². The Bertz CT molecular complexity index is 624. The molecule has 2 heterocycles. The zero-order valence-corrected chi connectivity index (χ0v) is 11.3. The summed E-state index contributed by atoms with van der Waals surface area (Å²) in [5.41, 5.74) is 0.654. The summed E-state index contributed by atoms with van der Waals surface area (Å²) in [5.74, 6) is -1.10. The maximum atomic E-state index is 13.4. The van der Waals surface area contributed by atoms with Crippen molar-refractivity contribution in [3.63, 3.8) is 0 Å². The van der Waals surface area contributed by atoms with Gasteiger partial charge >= 0.3 is 0 Å². The Hall–Kier alpha value is -1.92. The molecule has 1 saturated heterocycles. The number of aliphatic hydroxyl groups is 1. The Kier molecular flexibility index (Phi) is 3.90. The summed E-state index contributed by atoms with van der Waals surface area (Å²) in [5, 5.41) is 9.88. The fourth-order valence-corrected chi connectivity index (χ4v) is 2.71. The van der Waals surface area contributed by atoms with Gasteiger partial charge in [0, 0.05) is 25.0 Å². The minimum Gasteiger partial charge on any atom is -0.392 e. The van der Waals surface area contributed by atoms with Gasteiger partial charge in [-0.1, -0.05) is 6.07 Å². The molecule has 1 fully saturated rings. The Labute approximate surface area is 121 Å². The molecule has 2 atom stereocenters. The van der Waals surface area contributed by atoms with Crippen molar-refractivity contribution < 1.29 is 13.9 Å². The number of aliphatic hydroxyl groups excluding tert-OH is 1. The zero-order chi connectivity index (χ0) is 14.8. The average molecular weight is 291 g/mol. The van der Waals surface area contributed by atoms with E-state index in [1.54, 1.807) is 24.5 Å². The minimum absolute atomic E-state index is 0.168. The molecule has 1 aliphatic heterocycles. The van der Waals surface area contributed by atoms with Gasteiger partial charge in [-0.05, 0) is 30.2 Å². The standard InChI is InChI=1S/C15H15F2N3O/c16-12-3-2-10(6-13(12)17)14-7-11(21)8-20(14)9-15-18-4-1-5-19-15/h1-6,11,14,21H,7-9H2/t11-,14+/m1/s1. The third-order valence-electron chi connectivity index (χ3n) is 3.67. The fraction of sp³-hybridized carbons (Fsp3) is 0.333. The molecule has 2 aromatic rings. The molecule has 3 rings (SSSR count). The summed E-state index contributed by atoms with van der Waals surface area (Å²) in [6.45, 7) is 0.920. The van der Waals surface area contributed by atoms with Crippen molar-refractivity contribution in [3.05, 3.63) is 59.7 Å². The van der Waals surface area contributed by atoms with E-state index >= 15 is 0 Å². The van der Waals surface area contributed by atoms with Crippen LogP contribution in [0, 0.1) is 11.6 Å². The summed E-state index contributed by atoms with van der Waals surface area (Å²) in [6, 6.07) is 5.43. The van der Waals surface area contributed by atoms with Crippen LogP contribution in [0.3, 0.4) is 0 Å². The molecule has 1 aromatic carbocycles. The molecular formula is C15H15F2N3O. The smallest absolute Gasteiger partial charge is 0.159 e. The predicted octanol–water partition coefficient (Wildman–Crippen LogP) is 2.06. The maximum Gasteiger partial charge on any atom is 0.159 e. The number of nitrogens with zero attached hydrogens (tertiary/aromatic N) is 3. The molecule has 1 N–H and O–H groups in total. The van der Waals surface area contributed by atoms with Gasteiger partial charge in [-0.25, -0.2) is 18.7 Å². The Morgan fingerprint density at radius 1 is 1.19 bits per heavy atom. The number of β-amino-alcohol motifs (C(OH)–C–C–N with tert-alkyl or cyclic N) is 1. The topological polar surface area (TPSA) is 49.2 Å². The number of aromatic nitrogens is 2. The highest BCUT2D eigenvalue weighted by molar-refractivity contribution is 5.23. The summed E-state index contributed by atoms with van der Waals surface area (Å²) in [6.07, 6.45) is 3.30. The normalized spacial score (nSPS) is 22.6. The number of rotatable bonds is 3. The minimum atomic E-state index is -0.871. The van der Waals surface area contributed by atoms with Crippen LogP contribution in [0.25, 0.3) is 0 Å². The van der Waals surface area contributed by atoms with E-state index in [1.807, 2.05) is 4.90 Å². The zero-order valence-electron chi connectivity index (χ0n) is 11.3. The second kappa shape index (κ2) is 5.83. The van der Waals surface area contributed by atoms with Gasteiger partial charge < -0.3 is 5.11 Å². The van der Waals surface area contributed by atoms with E-state index in [9.17, 15) is 13.9 Å². The highest BCUT2D eigenvalue weighted by Crippen LogP contribution is 2.33. The number of halogens is 2. The third-order valence-corrected chi connectivity index (χ3v) is 3.67. The quantitative estimate of drug-likeness (QED) is 0.940. The van der Waals surface area contributed by atoms with Crippen LogP contribution in [0.2, 0.25) is 0 Å². The highest BCUT2D eigenvalue weighted by Gasteiger charge is 2.32.